The normalized spacial score (nSPS) is 12.3. The number of amides is 2. The van der Waals surface area contributed by atoms with Crippen molar-refractivity contribution in [2.45, 2.75) is 65.1 Å². The maximum Gasteiger partial charge on any atom is 0.243 e. The Kier molecular flexibility index (Phi) is 11.2. The first kappa shape index (κ1) is 32.7. The molecule has 0 heterocycles. The molecule has 1 atom stereocenters. The number of hydrogen-bond donors (Lipinski definition) is 1. The number of sulfonamides is 1. The molecule has 2 amide bonds. The highest BCUT2D eigenvalue weighted by molar-refractivity contribution is 7.92. The second-order valence-electron chi connectivity index (χ2n) is 11.6. The summed E-state index contributed by atoms with van der Waals surface area (Å²) in [7, 11) is -1.99. The zero-order valence-corrected chi connectivity index (χ0v) is 26.3. The lowest BCUT2D eigenvalue weighted by Crippen LogP contribution is -2.54. The summed E-state index contributed by atoms with van der Waals surface area (Å²) in [6, 6.07) is 23.5. The number of ether oxygens (including phenoxy) is 1. The highest BCUT2D eigenvalue weighted by atomic mass is 32.2. The molecule has 0 saturated carbocycles. The minimum atomic E-state index is -3.57. The number of methoxy groups -OCH3 is 1. The monoisotopic (exact) mass is 593 g/mol. The van der Waals surface area contributed by atoms with Gasteiger partial charge < -0.3 is 15.0 Å². The van der Waals surface area contributed by atoms with Crippen molar-refractivity contribution in [1.29, 1.82) is 0 Å². The predicted octanol–water partition coefficient (Wildman–Crippen LogP) is 5.10. The highest BCUT2D eigenvalue weighted by Crippen LogP contribution is 2.22. The molecule has 0 aliphatic heterocycles. The highest BCUT2D eigenvalue weighted by Gasteiger charge is 2.32. The van der Waals surface area contributed by atoms with E-state index in [4.69, 9.17) is 4.74 Å². The van der Waals surface area contributed by atoms with Crippen molar-refractivity contribution in [1.82, 2.24) is 10.2 Å². The Bertz CT molecular complexity index is 1450. The molecule has 0 aliphatic carbocycles. The molecule has 8 nitrogen and oxygen atoms in total. The molecule has 3 aromatic rings. The van der Waals surface area contributed by atoms with E-state index in [2.05, 4.69) is 5.32 Å². The summed E-state index contributed by atoms with van der Waals surface area (Å²) in [5.74, 6) is 0.168. The first-order chi connectivity index (χ1) is 19.8. The molecule has 0 radical (unpaired) electrons. The Hall–Kier alpha value is -3.85. The third kappa shape index (κ3) is 9.91. The van der Waals surface area contributed by atoms with E-state index in [0.717, 1.165) is 16.7 Å². The summed E-state index contributed by atoms with van der Waals surface area (Å²) in [6.45, 7) is 7.95. The van der Waals surface area contributed by atoms with Gasteiger partial charge in [0, 0.05) is 31.5 Å². The fraction of sp³-hybridized carbons (Fsp3) is 0.394. The Morgan fingerprint density at radius 1 is 0.929 bits per heavy atom. The SMILES string of the molecule is COc1cccc(CN(C(=O)CCCN(c2cccc(C)c2)S(C)(=O)=O)[C@@H](Cc2ccccc2)C(=O)NC(C)(C)C)c1. The van der Waals surface area contributed by atoms with E-state index in [1.54, 1.807) is 18.1 Å². The molecule has 0 saturated heterocycles. The van der Waals surface area contributed by atoms with Crippen LogP contribution in [-0.4, -0.2) is 56.6 Å². The van der Waals surface area contributed by atoms with E-state index in [1.807, 2.05) is 100 Å². The third-order valence-corrected chi connectivity index (χ3v) is 7.89. The van der Waals surface area contributed by atoms with E-state index in [9.17, 15) is 18.0 Å². The van der Waals surface area contributed by atoms with Crippen molar-refractivity contribution < 1.29 is 22.7 Å². The molecule has 0 aliphatic rings. The van der Waals surface area contributed by atoms with Gasteiger partial charge >= 0.3 is 0 Å². The number of hydrogen-bond acceptors (Lipinski definition) is 5. The van der Waals surface area contributed by atoms with Gasteiger partial charge in [0.05, 0.1) is 19.1 Å². The van der Waals surface area contributed by atoms with Crippen molar-refractivity contribution in [2.75, 3.05) is 24.2 Å². The molecule has 226 valence electrons. The summed E-state index contributed by atoms with van der Waals surface area (Å²) in [5.41, 5.74) is 2.75. The molecule has 1 N–H and O–H groups in total. The van der Waals surface area contributed by atoms with Crippen LogP contribution in [0.1, 0.15) is 50.3 Å². The van der Waals surface area contributed by atoms with Gasteiger partial charge in [-0.1, -0.05) is 54.6 Å². The van der Waals surface area contributed by atoms with Gasteiger partial charge in [-0.15, -0.1) is 0 Å². The average Bonchev–Trinajstić information content (AvgIpc) is 2.92. The Morgan fingerprint density at radius 2 is 1.60 bits per heavy atom. The predicted molar refractivity (Wildman–Crippen MR) is 168 cm³/mol. The van der Waals surface area contributed by atoms with Gasteiger partial charge in [0.1, 0.15) is 11.8 Å². The maximum atomic E-state index is 14.0. The largest absolute Gasteiger partial charge is 0.497 e. The van der Waals surface area contributed by atoms with Crippen molar-refractivity contribution in [3.63, 3.8) is 0 Å². The Morgan fingerprint density at radius 3 is 2.21 bits per heavy atom. The van der Waals surface area contributed by atoms with E-state index < -0.39 is 21.6 Å². The van der Waals surface area contributed by atoms with Gasteiger partial charge in [-0.2, -0.15) is 0 Å². The lowest BCUT2D eigenvalue weighted by Gasteiger charge is -2.34. The fourth-order valence-electron chi connectivity index (χ4n) is 4.76. The zero-order valence-electron chi connectivity index (χ0n) is 25.5. The van der Waals surface area contributed by atoms with Gasteiger partial charge in [-0.3, -0.25) is 13.9 Å². The van der Waals surface area contributed by atoms with Gasteiger partial charge in [-0.05, 0) is 75.1 Å². The van der Waals surface area contributed by atoms with E-state index in [-0.39, 0.29) is 37.7 Å². The number of nitrogens with zero attached hydrogens (tertiary/aromatic N) is 2. The molecule has 0 fully saturated rings. The van der Waals surface area contributed by atoms with E-state index in [0.29, 0.717) is 17.9 Å². The first-order valence-corrected chi connectivity index (χ1v) is 15.9. The number of benzene rings is 3. The van der Waals surface area contributed by atoms with Gasteiger partial charge in [0.15, 0.2) is 0 Å². The molecule has 0 bridgehead atoms. The number of aryl methyl sites for hydroxylation is 1. The third-order valence-electron chi connectivity index (χ3n) is 6.70. The summed E-state index contributed by atoms with van der Waals surface area (Å²) in [4.78, 5) is 29.3. The van der Waals surface area contributed by atoms with Crippen molar-refractivity contribution in [3.8, 4) is 5.75 Å². The number of rotatable bonds is 13. The fourth-order valence-corrected chi connectivity index (χ4v) is 5.72. The van der Waals surface area contributed by atoms with Crippen LogP contribution in [0, 0.1) is 6.92 Å². The van der Waals surface area contributed by atoms with Crippen LogP contribution in [-0.2, 0) is 32.6 Å². The van der Waals surface area contributed by atoms with Gasteiger partial charge in [-0.25, -0.2) is 8.42 Å². The minimum Gasteiger partial charge on any atom is -0.497 e. The molecular formula is C33H43N3O5S. The summed E-state index contributed by atoms with van der Waals surface area (Å²) in [6.07, 6.45) is 1.85. The summed E-state index contributed by atoms with van der Waals surface area (Å²) >= 11 is 0. The Labute approximate surface area is 250 Å². The lowest BCUT2D eigenvalue weighted by molar-refractivity contribution is -0.142. The number of anilines is 1. The van der Waals surface area contributed by atoms with Crippen LogP contribution in [0.5, 0.6) is 5.75 Å². The quantitative estimate of drug-likeness (QED) is 0.297. The van der Waals surface area contributed by atoms with Gasteiger partial charge in [0.2, 0.25) is 21.8 Å². The van der Waals surface area contributed by atoms with E-state index in [1.165, 1.54) is 10.6 Å². The molecule has 42 heavy (non-hydrogen) atoms. The molecular weight excluding hydrogens is 550 g/mol. The maximum absolute atomic E-state index is 14.0. The molecule has 0 spiro atoms. The molecule has 3 rings (SSSR count). The first-order valence-electron chi connectivity index (χ1n) is 14.1. The lowest BCUT2D eigenvalue weighted by atomic mass is 10.00. The zero-order chi connectivity index (χ0) is 30.9. The molecule has 0 aromatic heterocycles. The number of carbonyl (C=O) groups is 2. The van der Waals surface area contributed by atoms with E-state index >= 15 is 0 Å². The van der Waals surface area contributed by atoms with Gasteiger partial charge in [0.25, 0.3) is 0 Å². The second kappa shape index (κ2) is 14.4. The minimum absolute atomic E-state index is 0.0654. The van der Waals surface area contributed by atoms with Crippen LogP contribution in [0.2, 0.25) is 0 Å². The summed E-state index contributed by atoms with van der Waals surface area (Å²) in [5, 5.41) is 3.06. The van der Waals surface area contributed by atoms with Crippen molar-refractivity contribution in [3.05, 3.63) is 95.6 Å². The van der Waals surface area contributed by atoms with Crippen LogP contribution in [0.4, 0.5) is 5.69 Å². The van der Waals surface area contributed by atoms with Crippen LogP contribution in [0.3, 0.4) is 0 Å². The van der Waals surface area contributed by atoms with Crippen LogP contribution >= 0.6 is 0 Å². The molecule has 3 aromatic carbocycles. The van der Waals surface area contributed by atoms with Crippen LogP contribution < -0.4 is 14.4 Å². The molecule has 9 heteroatoms. The Balaban J connectivity index is 1.92. The smallest absolute Gasteiger partial charge is 0.243 e. The van der Waals surface area contributed by atoms with Crippen molar-refractivity contribution in [2.24, 2.45) is 0 Å². The van der Waals surface area contributed by atoms with Crippen molar-refractivity contribution >= 4 is 27.5 Å². The van der Waals surface area contributed by atoms with Crippen LogP contribution in [0.25, 0.3) is 0 Å². The summed E-state index contributed by atoms with van der Waals surface area (Å²) < 4.78 is 32.0. The molecule has 0 unspecified atom stereocenters. The topological polar surface area (TPSA) is 96.0 Å². The second-order valence-corrected chi connectivity index (χ2v) is 13.5. The average molecular weight is 594 g/mol. The van der Waals surface area contributed by atoms with Crippen LogP contribution in [0.15, 0.2) is 78.9 Å². The number of carbonyl (C=O) groups excluding carboxylic acids is 2. The number of nitrogens with one attached hydrogen (secondary N) is 1. The standard InChI is InChI=1S/C33H43N3O5S/c1-25-13-10-17-28(21-25)36(42(6,39)40)20-12-19-31(37)35(24-27-16-11-18-29(22-27)41-5)30(32(38)34-33(2,3)4)23-26-14-8-7-9-15-26/h7-11,13-18,21-22,30H,12,19-20,23-24H2,1-6H3,(H,34,38)/t30-/m0/s1.